The third kappa shape index (κ3) is 1.51. The summed E-state index contributed by atoms with van der Waals surface area (Å²) in [5.41, 5.74) is 8.07. The van der Waals surface area contributed by atoms with Crippen LogP contribution in [0.3, 0.4) is 0 Å². The van der Waals surface area contributed by atoms with Crippen molar-refractivity contribution in [2.24, 2.45) is 0 Å². The summed E-state index contributed by atoms with van der Waals surface area (Å²) in [6.45, 7) is 1.91. The molecule has 66 valence electrons. The van der Waals surface area contributed by atoms with Gasteiger partial charge in [0.15, 0.2) is 5.88 Å². The molecule has 0 amide bonds. The summed E-state index contributed by atoms with van der Waals surface area (Å²) in [6, 6.07) is 3.62. The molecule has 0 aliphatic carbocycles. The van der Waals surface area contributed by atoms with Gasteiger partial charge in [0.05, 0.1) is 5.69 Å². The first-order chi connectivity index (χ1) is 6.25. The van der Waals surface area contributed by atoms with Crippen molar-refractivity contribution >= 4 is 5.88 Å². The molecule has 0 radical (unpaired) electrons. The summed E-state index contributed by atoms with van der Waals surface area (Å²) in [4.78, 5) is 8.10. The summed E-state index contributed by atoms with van der Waals surface area (Å²) in [6.07, 6.45) is 3.10. The van der Waals surface area contributed by atoms with E-state index in [1.165, 1.54) is 6.33 Å². The maximum Gasteiger partial charge on any atom is 0.190 e. The second-order valence-corrected chi connectivity index (χ2v) is 2.78. The van der Waals surface area contributed by atoms with Crippen LogP contribution in [0.2, 0.25) is 0 Å². The molecule has 2 rings (SSSR count). The number of nitrogens with two attached hydrogens (primary N) is 1. The quantitative estimate of drug-likeness (QED) is 0.715. The van der Waals surface area contributed by atoms with Crippen LogP contribution in [0.25, 0.3) is 11.3 Å². The Morgan fingerprint density at radius 1 is 1.31 bits per heavy atom. The molecule has 0 aliphatic rings. The van der Waals surface area contributed by atoms with Crippen molar-refractivity contribution in [2.45, 2.75) is 6.92 Å². The van der Waals surface area contributed by atoms with E-state index in [9.17, 15) is 0 Å². The third-order valence-electron chi connectivity index (χ3n) is 1.72. The standard InChI is InChI=1S/C9H9N3O/c1-6-2-8(12-5-11-6)7-3-9(10)13-4-7/h2-5H,10H2,1H3. The van der Waals surface area contributed by atoms with Gasteiger partial charge in [0.2, 0.25) is 0 Å². The number of hydrogen-bond acceptors (Lipinski definition) is 4. The Morgan fingerprint density at radius 2 is 2.15 bits per heavy atom. The normalized spacial score (nSPS) is 10.2. The van der Waals surface area contributed by atoms with Crippen LogP contribution < -0.4 is 5.73 Å². The number of hydrogen-bond donors (Lipinski definition) is 1. The van der Waals surface area contributed by atoms with Crippen molar-refractivity contribution in [3.05, 3.63) is 30.4 Å². The molecular formula is C9H9N3O. The minimum absolute atomic E-state index is 0.395. The van der Waals surface area contributed by atoms with Gasteiger partial charge in [-0.15, -0.1) is 0 Å². The van der Waals surface area contributed by atoms with Crippen LogP contribution in [0.4, 0.5) is 5.88 Å². The van der Waals surface area contributed by atoms with E-state index in [0.29, 0.717) is 5.88 Å². The van der Waals surface area contributed by atoms with Crippen LogP contribution in [-0.4, -0.2) is 9.97 Å². The van der Waals surface area contributed by atoms with E-state index in [1.807, 2.05) is 13.0 Å². The Morgan fingerprint density at radius 3 is 2.77 bits per heavy atom. The number of furan rings is 1. The molecule has 2 N–H and O–H groups in total. The maximum absolute atomic E-state index is 5.44. The topological polar surface area (TPSA) is 64.9 Å². The number of aryl methyl sites for hydroxylation is 1. The van der Waals surface area contributed by atoms with Crippen molar-refractivity contribution in [1.82, 2.24) is 9.97 Å². The van der Waals surface area contributed by atoms with Crippen molar-refractivity contribution in [3.63, 3.8) is 0 Å². The van der Waals surface area contributed by atoms with Crippen LogP contribution in [0.15, 0.2) is 29.1 Å². The van der Waals surface area contributed by atoms with E-state index in [4.69, 9.17) is 10.2 Å². The number of nitrogen functional groups attached to an aromatic ring is 1. The largest absolute Gasteiger partial charge is 0.449 e. The molecule has 0 saturated carbocycles. The summed E-state index contributed by atoms with van der Waals surface area (Å²) in [5, 5.41) is 0. The van der Waals surface area contributed by atoms with E-state index in [0.717, 1.165) is 17.0 Å². The van der Waals surface area contributed by atoms with E-state index in [1.54, 1.807) is 12.3 Å². The van der Waals surface area contributed by atoms with Crippen molar-refractivity contribution in [1.29, 1.82) is 0 Å². The van der Waals surface area contributed by atoms with Crippen molar-refractivity contribution in [3.8, 4) is 11.3 Å². The molecule has 4 nitrogen and oxygen atoms in total. The molecule has 2 aromatic heterocycles. The lowest BCUT2D eigenvalue weighted by Crippen LogP contribution is -1.86. The Labute approximate surface area is 75.4 Å². The summed E-state index contributed by atoms with van der Waals surface area (Å²) in [5.74, 6) is 0.395. The highest BCUT2D eigenvalue weighted by molar-refractivity contribution is 5.60. The monoisotopic (exact) mass is 175 g/mol. The van der Waals surface area contributed by atoms with Crippen molar-refractivity contribution in [2.75, 3.05) is 5.73 Å². The van der Waals surface area contributed by atoms with E-state index >= 15 is 0 Å². The van der Waals surface area contributed by atoms with Crippen LogP contribution in [0.5, 0.6) is 0 Å². The van der Waals surface area contributed by atoms with Gasteiger partial charge in [-0.05, 0) is 13.0 Å². The van der Waals surface area contributed by atoms with Gasteiger partial charge in [-0.25, -0.2) is 9.97 Å². The molecule has 2 heterocycles. The summed E-state index contributed by atoms with van der Waals surface area (Å²) < 4.78 is 4.98. The molecule has 0 aromatic carbocycles. The SMILES string of the molecule is Cc1cc(-c2coc(N)c2)ncn1. The highest BCUT2D eigenvalue weighted by Crippen LogP contribution is 2.20. The predicted molar refractivity (Wildman–Crippen MR) is 48.9 cm³/mol. The smallest absolute Gasteiger partial charge is 0.190 e. The molecule has 0 aliphatic heterocycles. The zero-order valence-electron chi connectivity index (χ0n) is 7.19. The van der Waals surface area contributed by atoms with Gasteiger partial charge in [-0.1, -0.05) is 0 Å². The molecule has 0 saturated heterocycles. The minimum Gasteiger partial charge on any atom is -0.449 e. The van der Waals surface area contributed by atoms with E-state index < -0.39 is 0 Å². The number of nitrogens with zero attached hydrogens (tertiary/aromatic N) is 2. The fourth-order valence-electron chi connectivity index (χ4n) is 1.10. The predicted octanol–water partition coefficient (Wildman–Crippen LogP) is 1.63. The molecular weight excluding hydrogens is 166 g/mol. The van der Waals surface area contributed by atoms with Crippen LogP contribution in [0.1, 0.15) is 5.69 Å². The van der Waals surface area contributed by atoms with Crippen molar-refractivity contribution < 1.29 is 4.42 Å². The van der Waals surface area contributed by atoms with Gasteiger partial charge >= 0.3 is 0 Å². The Balaban J connectivity index is 2.46. The highest BCUT2D eigenvalue weighted by atomic mass is 16.3. The van der Waals surface area contributed by atoms with Gasteiger partial charge < -0.3 is 10.2 Å². The second-order valence-electron chi connectivity index (χ2n) is 2.78. The molecule has 0 fully saturated rings. The summed E-state index contributed by atoms with van der Waals surface area (Å²) in [7, 11) is 0. The van der Waals surface area contributed by atoms with E-state index in [-0.39, 0.29) is 0 Å². The Hall–Kier alpha value is -1.84. The molecule has 0 bridgehead atoms. The molecule has 2 aromatic rings. The average Bonchev–Trinajstić information content (AvgIpc) is 2.52. The zero-order valence-corrected chi connectivity index (χ0v) is 7.19. The molecule has 4 heteroatoms. The molecule has 13 heavy (non-hydrogen) atoms. The molecule has 0 unspecified atom stereocenters. The van der Waals surface area contributed by atoms with Crippen LogP contribution >= 0.6 is 0 Å². The van der Waals surface area contributed by atoms with E-state index in [2.05, 4.69) is 9.97 Å². The van der Waals surface area contributed by atoms with Crippen LogP contribution in [0, 0.1) is 6.92 Å². The lowest BCUT2D eigenvalue weighted by molar-refractivity contribution is 0.588. The third-order valence-corrected chi connectivity index (χ3v) is 1.72. The fraction of sp³-hybridized carbons (Fsp3) is 0.111. The fourth-order valence-corrected chi connectivity index (χ4v) is 1.10. The Kier molecular flexibility index (Phi) is 1.73. The highest BCUT2D eigenvalue weighted by Gasteiger charge is 2.02. The average molecular weight is 175 g/mol. The zero-order chi connectivity index (χ0) is 9.26. The molecule has 0 spiro atoms. The maximum atomic E-state index is 5.44. The summed E-state index contributed by atoms with van der Waals surface area (Å²) >= 11 is 0. The van der Waals surface area contributed by atoms with Gasteiger partial charge in [0, 0.05) is 17.3 Å². The van der Waals surface area contributed by atoms with Gasteiger partial charge in [-0.3, -0.25) is 0 Å². The van der Waals surface area contributed by atoms with Crippen LogP contribution in [-0.2, 0) is 0 Å². The first kappa shape index (κ1) is 7.79. The lowest BCUT2D eigenvalue weighted by atomic mass is 10.2. The van der Waals surface area contributed by atoms with Gasteiger partial charge in [0.25, 0.3) is 0 Å². The first-order valence-corrected chi connectivity index (χ1v) is 3.89. The second kappa shape index (κ2) is 2.90. The number of anilines is 1. The Bertz CT molecular complexity index is 422. The van der Waals surface area contributed by atoms with Gasteiger partial charge in [0.1, 0.15) is 12.6 Å². The molecule has 0 atom stereocenters. The first-order valence-electron chi connectivity index (χ1n) is 3.89. The lowest BCUT2D eigenvalue weighted by Gasteiger charge is -1.95. The number of rotatable bonds is 1. The van der Waals surface area contributed by atoms with Gasteiger partial charge in [-0.2, -0.15) is 0 Å². The minimum atomic E-state index is 0.395. The number of aromatic nitrogens is 2.